The second kappa shape index (κ2) is 5.40. The average molecular weight is 212 g/mol. The predicted molar refractivity (Wildman–Crippen MR) is 49.6 cm³/mol. The maximum atomic E-state index is 13.5. The van der Waals surface area contributed by atoms with Gasteiger partial charge in [0.2, 0.25) is 0 Å². The van der Waals surface area contributed by atoms with E-state index in [2.05, 4.69) is 10.1 Å². The Kier molecular flexibility index (Phi) is 5.25. The molecule has 1 aliphatic rings. The molecule has 1 saturated heterocycles. The van der Waals surface area contributed by atoms with Crippen LogP contribution in [0.25, 0.3) is 0 Å². The van der Waals surface area contributed by atoms with Crippen molar-refractivity contribution >= 4 is 18.4 Å². The minimum Gasteiger partial charge on any atom is -0.428 e. The van der Waals surface area contributed by atoms with Crippen molar-refractivity contribution in [3.63, 3.8) is 0 Å². The number of hydrogen-bond acceptors (Lipinski definition) is 3. The Balaban J connectivity index is 0.00000144. The average Bonchev–Trinajstić information content (AvgIpc) is 2.05. The summed E-state index contributed by atoms with van der Waals surface area (Å²) in [5, 5.41) is 3.00. The second-order valence-electron chi connectivity index (χ2n) is 2.96. The van der Waals surface area contributed by atoms with E-state index in [0.717, 1.165) is 0 Å². The molecule has 0 radical (unpaired) electrons. The van der Waals surface area contributed by atoms with Crippen LogP contribution in [0.2, 0.25) is 0 Å². The summed E-state index contributed by atoms with van der Waals surface area (Å²) >= 11 is 0. The maximum absolute atomic E-state index is 13.5. The summed E-state index contributed by atoms with van der Waals surface area (Å²) in [5.74, 6) is -2.17. The van der Waals surface area contributed by atoms with Gasteiger partial charge in [-0.3, -0.25) is 4.79 Å². The van der Waals surface area contributed by atoms with Crippen molar-refractivity contribution < 1.29 is 13.9 Å². The summed E-state index contributed by atoms with van der Waals surface area (Å²) in [7, 11) is 0. The number of nitrogens with one attached hydrogen (secondary N) is 1. The third-order valence-corrected chi connectivity index (χ3v) is 1.94. The van der Waals surface area contributed by atoms with Crippen molar-refractivity contribution in [1.29, 1.82) is 0 Å². The number of esters is 1. The Morgan fingerprint density at radius 1 is 1.54 bits per heavy atom. The molecule has 78 valence electrons. The van der Waals surface area contributed by atoms with Crippen LogP contribution >= 0.6 is 12.4 Å². The Morgan fingerprint density at radius 3 is 2.54 bits per heavy atom. The molecule has 0 unspecified atom stereocenters. The highest BCUT2D eigenvalue weighted by Crippen LogP contribution is 2.24. The van der Waals surface area contributed by atoms with Crippen LogP contribution in [-0.2, 0) is 9.53 Å². The number of carbonyl (C=O) groups is 1. The number of alkyl halides is 1. The lowest BCUT2D eigenvalue weighted by atomic mass is 10.1. The minimum atomic E-state index is -1.71. The van der Waals surface area contributed by atoms with Gasteiger partial charge in [0.25, 0.3) is 5.85 Å². The van der Waals surface area contributed by atoms with Gasteiger partial charge >= 0.3 is 5.97 Å². The fraction of sp³-hybridized carbons (Fsp3) is 0.875. The van der Waals surface area contributed by atoms with Crippen molar-refractivity contribution in [2.24, 2.45) is 0 Å². The summed E-state index contributed by atoms with van der Waals surface area (Å²) in [5.41, 5.74) is 0. The number of carbonyl (C=O) groups excluding carboxylic acids is 1. The quantitative estimate of drug-likeness (QED) is 0.702. The van der Waals surface area contributed by atoms with Gasteiger partial charge in [-0.15, -0.1) is 12.4 Å². The molecule has 0 bridgehead atoms. The third kappa shape index (κ3) is 3.91. The van der Waals surface area contributed by atoms with Gasteiger partial charge < -0.3 is 10.1 Å². The first kappa shape index (κ1) is 12.7. The maximum Gasteiger partial charge on any atom is 0.308 e. The second-order valence-corrected chi connectivity index (χ2v) is 2.96. The van der Waals surface area contributed by atoms with E-state index in [1.807, 2.05) is 0 Å². The molecule has 0 amide bonds. The van der Waals surface area contributed by atoms with Gasteiger partial charge in [0.05, 0.1) is 0 Å². The van der Waals surface area contributed by atoms with Gasteiger partial charge in [-0.1, -0.05) is 6.92 Å². The zero-order valence-electron chi connectivity index (χ0n) is 7.64. The zero-order valence-corrected chi connectivity index (χ0v) is 8.45. The van der Waals surface area contributed by atoms with Gasteiger partial charge in [0.15, 0.2) is 0 Å². The van der Waals surface area contributed by atoms with E-state index in [0.29, 0.717) is 13.1 Å². The van der Waals surface area contributed by atoms with E-state index in [1.54, 1.807) is 6.92 Å². The molecule has 1 N–H and O–H groups in total. The van der Waals surface area contributed by atoms with Crippen molar-refractivity contribution in [2.45, 2.75) is 32.0 Å². The number of ether oxygens (including phenoxy) is 1. The summed E-state index contributed by atoms with van der Waals surface area (Å²) in [6.45, 7) is 2.81. The predicted octanol–water partition coefficient (Wildman–Crippen LogP) is 1.41. The molecular formula is C8H15ClFNO2. The summed E-state index contributed by atoms with van der Waals surface area (Å²) in [6, 6.07) is 0. The molecule has 0 aromatic heterocycles. The summed E-state index contributed by atoms with van der Waals surface area (Å²) in [4.78, 5) is 10.8. The lowest BCUT2D eigenvalue weighted by molar-refractivity contribution is -0.188. The molecule has 0 saturated carbocycles. The number of hydrogen-bond donors (Lipinski definition) is 1. The van der Waals surface area contributed by atoms with Gasteiger partial charge in [-0.2, -0.15) is 4.39 Å². The molecule has 1 heterocycles. The standard InChI is InChI=1S/C8H14FNO2.ClH/c1-2-7(11)12-8(9)3-5-10-6-4-8;/h10H,2-6H2,1H3;1H. The molecule has 1 rings (SSSR count). The van der Waals surface area contributed by atoms with Gasteiger partial charge in [0.1, 0.15) is 0 Å². The van der Waals surface area contributed by atoms with Crippen LogP contribution in [0, 0.1) is 0 Å². The Bertz CT molecular complexity index is 172. The SMILES string of the molecule is CCC(=O)OC1(F)CCNCC1.Cl. The van der Waals surface area contributed by atoms with Crippen molar-refractivity contribution in [3.05, 3.63) is 0 Å². The van der Waals surface area contributed by atoms with Crippen LogP contribution in [0.15, 0.2) is 0 Å². The minimum absolute atomic E-state index is 0. The molecule has 5 heteroatoms. The fourth-order valence-electron chi connectivity index (χ4n) is 1.18. The largest absolute Gasteiger partial charge is 0.428 e. The molecule has 1 aliphatic heterocycles. The number of piperidine rings is 1. The van der Waals surface area contributed by atoms with Crippen molar-refractivity contribution in [3.8, 4) is 0 Å². The molecule has 0 aliphatic carbocycles. The van der Waals surface area contributed by atoms with E-state index < -0.39 is 11.8 Å². The molecule has 0 aromatic carbocycles. The fourth-order valence-corrected chi connectivity index (χ4v) is 1.18. The van der Waals surface area contributed by atoms with E-state index in [1.165, 1.54) is 0 Å². The van der Waals surface area contributed by atoms with Crippen LogP contribution in [0.3, 0.4) is 0 Å². The third-order valence-electron chi connectivity index (χ3n) is 1.94. The van der Waals surface area contributed by atoms with E-state index in [9.17, 15) is 9.18 Å². The molecule has 0 atom stereocenters. The topological polar surface area (TPSA) is 38.3 Å². The van der Waals surface area contributed by atoms with E-state index in [4.69, 9.17) is 0 Å². The highest BCUT2D eigenvalue weighted by molar-refractivity contribution is 5.85. The van der Waals surface area contributed by atoms with Gasteiger partial charge in [-0.25, -0.2) is 0 Å². The molecule has 3 nitrogen and oxygen atoms in total. The lowest BCUT2D eigenvalue weighted by Crippen LogP contribution is -2.41. The first-order valence-electron chi connectivity index (χ1n) is 4.28. The van der Waals surface area contributed by atoms with Crippen LogP contribution in [0.1, 0.15) is 26.2 Å². The monoisotopic (exact) mass is 211 g/mol. The lowest BCUT2D eigenvalue weighted by Gasteiger charge is -2.29. The molecular weight excluding hydrogens is 197 g/mol. The first-order chi connectivity index (χ1) is 5.66. The summed E-state index contributed by atoms with van der Waals surface area (Å²) < 4.78 is 18.2. The zero-order chi connectivity index (χ0) is 9.03. The summed E-state index contributed by atoms with van der Waals surface area (Å²) in [6.07, 6.45) is 0.760. The Labute approximate surface area is 83.4 Å². The van der Waals surface area contributed by atoms with Crippen LogP contribution in [-0.4, -0.2) is 24.9 Å². The number of rotatable bonds is 2. The Morgan fingerprint density at radius 2 is 2.08 bits per heavy atom. The van der Waals surface area contributed by atoms with E-state index >= 15 is 0 Å². The first-order valence-corrected chi connectivity index (χ1v) is 4.28. The van der Waals surface area contributed by atoms with Crippen molar-refractivity contribution in [1.82, 2.24) is 5.32 Å². The molecule has 0 aromatic rings. The van der Waals surface area contributed by atoms with Gasteiger partial charge in [-0.05, 0) is 0 Å². The molecule has 13 heavy (non-hydrogen) atoms. The normalized spacial score (nSPS) is 20.2. The van der Waals surface area contributed by atoms with E-state index in [-0.39, 0.29) is 31.7 Å². The smallest absolute Gasteiger partial charge is 0.308 e. The Hall–Kier alpha value is -0.350. The van der Waals surface area contributed by atoms with Crippen LogP contribution in [0.4, 0.5) is 4.39 Å². The highest BCUT2D eigenvalue weighted by atomic mass is 35.5. The van der Waals surface area contributed by atoms with Gasteiger partial charge in [0, 0.05) is 32.4 Å². The molecule has 1 fully saturated rings. The number of halogens is 2. The van der Waals surface area contributed by atoms with Crippen molar-refractivity contribution in [2.75, 3.05) is 13.1 Å². The van der Waals surface area contributed by atoms with Crippen LogP contribution in [0.5, 0.6) is 0 Å². The van der Waals surface area contributed by atoms with Crippen LogP contribution < -0.4 is 5.32 Å². The highest BCUT2D eigenvalue weighted by Gasteiger charge is 2.34. The molecule has 0 spiro atoms.